The van der Waals surface area contributed by atoms with Crippen molar-refractivity contribution in [2.45, 2.75) is 21.4 Å². The number of aromatic nitrogens is 2. The van der Waals surface area contributed by atoms with Crippen LogP contribution >= 0.6 is 46.0 Å². The molecule has 0 spiro atoms. The van der Waals surface area contributed by atoms with Gasteiger partial charge < -0.3 is 5.32 Å². The van der Waals surface area contributed by atoms with Gasteiger partial charge in [0.1, 0.15) is 0 Å². The number of halogens is 1. The molecule has 0 saturated carbocycles. The van der Waals surface area contributed by atoms with E-state index in [1.807, 2.05) is 0 Å². The summed E-state index contributed by atoms with van der Waals surface area (Å²) >= 11 is 9.92. The Morgan fingerprint density at radius 3 is 2.68 bits per heavy atom. The molecule has 0 aliphatic carbocycles. The minimum absolute atomic E-state index is 0.123. The van der Waals surface area contributed by atoms with E-state index in [9.17, 15) is 13.2 Å². The lowest BCUT2D eigenvalue weighted by Crippen LogP contribution is -2.22. The highest BCUT2D eigenvalue weighted by Gasteiger charge is 2.19. The summed E-state index contributed by atoms with van der Waals surface area (Å²) in [6.45, 7) is 1.80. The molecule has 2 aromatic heterocycles. The molecule has 1 atom stereocenters. The normalized spacial score (nSPS) is 12.6. The van der Waals surface area contributed by atoms with E-state index in [1.54, 1.807) is 36.7 Å². The summed E-state index contributed by atoms with van der Waals surface area (Å²) in [4.78, 5) is 21.0. The molecule has 0 aliphatic rings. The van der Waals surface area contributed by atoms with Crippen LogP contribution in [-0.4, -0.2) is 29.5 Å². The Balaban J connectivity index is 1.47. The average molecular weight is 511 g/mol. The topological polar surface area (TPSA) is 101 Å². The monoisotopic (exact) mass is 510 g/mol. The van der Waals surface area contributed by atoms with Gasteiger partial charge in [0.25, 0.3) is 10.0 Å². The van der Waals surface area contributed by atoms with Crippen molar-refractivity contribution in [3.63, 3.8) is 0 Å². The first-order valence-corrected chi connectivity index (χ1v) is 13.3. The summed E-state index contributed by atoms with van der Waals surface area (Å²) in [5.74, 6) is -0.157. The number of anilines is 2. The molecule has 4 aromatic rings. The largest absolute Gasteiger partial charge is 0.301 e. The number of sulfonamides is 1. The summed E-state index contributed by atoms with van der Waals surface area (Å²) in [6.07, 6.45) is 1.63. The van der Waals surface area contributed by atoms with Gasteiger partial charge in [0, 0.05) is 16.6 Å². The van der Waals surface area contributed by atoms with Crippen LogP contribution < -0.4 is 10.0 Å². The number of carbonyl (C=O) groups excluding carboxylic acids is 1. The van der Waals surface area contributed by atoms with Crippen molar-refractivity contribution < 1.29 is 13.2 Å². The van der Waals surface area contributed by atoms with Crippen molar-refractivity contribution in [2.24, 2.45) is 0 Å². The molecule has 0 bridgehead atoms. The second-order valence-corrected chi connectivity index (χ2v) is 11.9. The Morgan fingerprint density at radius 1 is 1.19 bits per heavy atom. The van der Waals surface area contributed by atoms with Gasteiger partial charge >= 0.3 is 0 Å². The fourth-order valence-electron chi connectivity index (χ4n) is 2.54. The van der Waals surface area contributed by atoms with Crippen LogP contribution in [0.15, 0.2) is 63.3 Å². The maximum Gasteiger partial charge on any atom is 0.261 e. The van der Waals surface area contributed by atoms with Gasteiger partial charge in [0.2, 0.25) is 5.91 Å². The van der Waals surface area contributed by atoms with E-state index in [4.69, 9.17) is 11.6 Å². The van der Waals surface area contributed by atoms with Crippen molar-refractivity contribution in [3.05, 3.63) is 59.1 Å². The second kappa shape index (κ2) is 9.13. The van der Waals surface area contributed by atoms with Crippen LogP contribution in [-0.2, 0) is 14.8 Å². The molecule has 1 unspecified atom stereocenters. The van der Waals surface area contributed by atoms with Crippen LogP contribution in [0.3, 0.4) is 0 Å². The Morgan fingerprint density at radius 2 is 1.97 bits per heavy atom. The molecule has 160 valence electrons. The zero-order chi connectivity index (χ0) is 22.0. The van der Waals surface area contributed by atoms with Crippen LogP contribution in [0.25, 0.3) is 10.2 Å². The number of carbonyl (C=O) groups is 1. The van der Waals surface area contributed by atoms with Gasteiger partial charge in [0.15, 0.2) is 9.47 Å². The number of nitrogens with zero attached hydrogens (tertiary/aromatic N) is 2. The third kappa shape index (κ3) is 5.36. The van der Waals surface area contributed by atoms with E-state index in [-0.39, 0.29) is 16.1 Å². The van der Waals surface area contributed by atoms with E-state index >= 15 is 0 Å². The lowest BCUT2D eigenvalue weighted by atomic mass is 10.3. The van der Waals surface area contributed by atoms with E-state index in [2.05, 4.69) is 20.0 Å². The van der Waals surface area contributed by atoms with Gasteiger partial charge in [0.05, 0.1) is 26.0 Å². The molecule has 0 aliphatic heterocycles. The molecule has 1 amide bonds. The van der Waals surface area contributed by atoms with Gasteiger partial charge in [-0.15, -0.1) is 22.7 Å². The lowest BCUT2D eigenvalue weighted by molar-refractivity contribution is -0.115. The number of thiazole rings is 2. The highest BCUT2D eigenvalue weighted by atomic mass is 35.5. The highest BCUT2D eigenvalue weighted by molar-refractivity contribution is 8.02. The molecular weight excluding hydrogens is 496 g/mol. The number of thioether (sulfide) groups is 1. The molecular formula is C19H15ClN4O3S4. The van der Waals surface area contributed by atoms with Crippen LogP contribution in [0, 0.1) is 0 Å². The minimum Gasteiger partial charge on any atom is -0.301 e. The first kappa shape index (κ1) is 22.0. The Bertz CT molecular complexity index is 1320. The van der Waals surface area contributed by atoms with E-state index in [0.717, 1.165) is 14.6 Å². The van der Waals surface area contributed by atoms with Crippen molar-refractivity contribution in [2.75, 3.05) is 10.0 Å². The smallest absolute Gasteiger partial charge is 0.261 e. The first-order chi connectivity index (χ1) is 14.8. The number of fused-ring (bicyclic) bond motifs is 1. The summed E-state index contributed by atoms with van der Waals surface area (Å²) in [6, 6.07) is 11.1. The number of hydrogen-bond donors (Lipinski definition) is 2. The standard InChI is InChI=1S/C19H15ClN4O3S4/c1-11(17(25)23-18-21-8-9-28-18)29-19-22-15-7-4-13(10-16(15)30-19)24-31(26,27)14-5-2-12(20)3-6-14/h2-11,24H,1H3,(H,21,23,25). The number of nitrogens with one attached hydrogen (secondary N) is 2. The molecule has 12 heteroatoms. The molecule has 0 saturated heterocycles. The van der Waals surface area contributed by atoms with Gasteiger partial charge in [-0.2, -0.15) is 0 Å². The van der Waals surface area contributed by atoms with Gasteiger partial charge in [-0.25, -0.2) is 18.4 Å². The lowest BCUT2D eigenvalue weighted by Gasteiger charge is -2.08. The molecule has 2 heterocycles. The van der Waals surface area contributed by atoms with E-state index in [0.29, 0.717) is 15.8 Å². The summed E-state index contributed by atoms with van der Waals surface area (Å²) in [5.41, 5.74) is 1.16. The second-order valence-electron chi connectivity index (χ2n) is 6.31. The maximum absolute atomic E-state index is 12.6. The molecule has 0 radical (unpaired) electrons. The van der Waals surface area contributed by atoms with Crippen molar-refractivity contribution in [1.29, 1.82) is 0 Å². The molecule has 2 aromatic carbocycles. The summed E-state index contributed by atoms with van der Waals surface area (Å²) < 4.78 is 29.3. The van der Waals surface area contributed by atoms with Gasteiger partial charge in [-0.1, -0.05) is 23.4 Å². The molecule has 31 heavy (non-hydrogen) atoms. The summed E-state index contributed by atoms with van der Waals surface area (Å²) in [5, 5.41) is 5.21. The maximum atomic E-state index is 12.6. The average Bonchev–Trinajstić information content (AvgIpc) is 3.37. The number of amides is 1. The van der Waals surface area contributed by atoms with Crippen molar-refractivity contribution >= 4 is 83.0 Å². The zero-order valence-corrected chi connectivity index (χ0v) is 19.9. The number of benzene rings is 2. The SMILES string of the molecule is CC(Sc1nc2ccc(NS(=O)(=O)c3ccc(Cl)cc3)cc2s1)C(=O)Nc1nccs1. The number of rotatable bonds is 7. The molecule has 2 N–H and O–H groups in total. The number of hydrogen-bond acceptors (Lipinski definition) is 8. The Kier molecular flexibility index (Phi) is 6.49. The molecule has 4 rings (SSSR count). The van der Waals surface area contributed by atoms with Crippen molar-refractivity contribution in [3.8, 4) is 0 Å². The van der Waals surface area contributed by atoms with Gasteiger partial charge in [-0.05, 0) is 49.4 Å². The molecule has 7 nitrogen and oxygen atoms in total. The predicted octanol–water partition coefficient (Wildman–Crippen LogP) is 5.33. The van der Waals surface area contributed by atoms with Gasteiger partial charge in [-0.3, -0.25) is 9.52 Å². The first-order valence-electron chi connectivity index (χ1n) is 8.86. The van der Waals surface area contributed by atoms with E-state index in [1.165, 1.54) is 58.7 Å². The zero-order valence-electron chi connectivity index (χ0n) is 15.9. The third-order valence-electron chi connectivity index (χ3n) is 4.05. The van der Waals surface area contributed by atoms with Crippen LogP contribution in [0.5, 0.6) is 0 Å². The Hall–Kier alpha value is -2.18. The predicted molar refractivity (Wildman–Crippen MR) is 128 cm³/mol. The third-order valence-corrected chi connectivity index (χ3v) is 8.60. The molecule has 0 fully saturated rings. The minimum atomic E-state index is -3.73. The Labute approximate surface area is 195 Å². The van der Waals surface area contributed by atoms with Crippen LogP contribution in [0.4, 0.5) is 10.8 Å². The fourth-order valence-corrected chi connectivity index (χ4v) is 6.50. The highest BCUT2D eigenvalue weighted by Crippen LogP contribution is 2.34. The van der Waals surface area contributed by atoms with Crippen LogP contribution in [0.1, 0.15) is 6.92 Å². The van der Waals surface area contributed by atoms with E-state index < -0.39 is 10.0 Å². The van der Waals surface area contributed by atoms with Crippen molar-refractivity contribution in [1.82, 2.24) is 9.97 Å². The quantitative estimate of drug-likeness (QED) is 0.326. The summed E-state index contributed by atoms with van der Waals surface area (Å²) in [7, 11) is -3.73. The fraction of sp³-hybridized carbons (Fsp3) is 0.105. The van der Waals surface area contributed by atoms with Crippen LogP contribution in [0.2, 0.25) is 5.02 Å².